The molecule has 2 N–H and O–H groups in total. The smallest absolute Gasteiger partial charge is 0.191 e. The fourth-order valence-electron chi connectivity index (χ4n) is 3.25. The summed E-state index contributed by atoms with van der Waals surface area (Å²) in [6.07, 6.45) is 11.0. The molecule has 0 atom stereocenters. The lowest BCUT2D eigenvalue weighted by molar-refractivity contribution is 0.487. The van der Waals surface area contributed by atoms with Gasteiger partial charge in [-0.05, 0) is 25.7 Å². The Labute approximate surface area is 163 Å². The molecule has 0 amide bonds. The maximum absolute atomic E-state index is 4.69. The molecule has 2 rings (SSSR count). The van der Waals surface area contributed by atoms with Crippen LogP contribution in [-0.2, 0) is 13.0 Å². The van der Waals surface area contributed by atoms with Gasteiger partial charge >= 0.3 is 0 Å². The molecule has 0 aromatic carbocycles. The Kier molecular flexibility index (Phi) is 11.0. The van der Waals surface area contributed by atoms with Gasteiger partial charge in [0.05, 0.1) is 0 Å². The first-order chi connectivity index (χ1) is 11.3. The molecule has 1 aliphatic carbocycles. The lowest BCUT2D eigenvalue weighted by Crippen LogP contribution is -2.39. The lowest BCUT2D eigenvalue weighted by atomic mass is 10.0. The third-order valence-electron chi connectivity index (χ3n) is 4.52. The number of hydrogen-bond donors (Lipinski definition) is 2. The van der Waals surface area contributed by atoms with Crippen molar-refractivity contribution in [3.8, 4) is 0 Å². The van der Waals surface area contributed by atoms with Crippen LogP contribution in [0.1, 0.15) is 58.2 Å². The number of aryl methyl sites for hydroxylation is 1. The van der Waals surface area contributed by atoms with Gasteiger partial charge in [-0.2, -0.15) is 0 Å². The Morgan fingerprint density at radius 1 is 1.29 bits per heavy atom. The fraction of sp³-hybridized carbons (Fsp3) is 0.824. The molecule has 138 valence electrons. The van der Waals surface area contributed by atoms with Crippen molar-refractivity contribution >= 4 is 29.9 Å². The molecular weight excluding hydrogens is 415 g/mol. The van der Waals surface area contributed by atoms with Gasteiger partial charge in [0.25, 0.3) is 0 Å². The molecule has 0 aliphatic heterocycles. The molecule has 6 nitrogen and oxygen atoms in total. The summed E-state index contributed by atoms with van der Waals surface area (Å²) in [5, 5.41) is 14.8. The van der Waals surface area contributed by atoms with Crippen LogP contribution >= 0.6 is 24.0 Å². The second-order valence-corrected chi connectivity index (χ2v) is 6.27. The predicted molar refractivity (Wildman–Crippen MR) is 110 cm³/mol. The Morgan fingerprint density at radius 3 is 2.79 bits per heavy atom. The third kappa shape index (κ3) is 7.36. The molecule has 0 unspecified atom stereocenters. The Bertz CT molecular complexity index is 467. The van der Waals surface area contributed by atoms with E-state index in [1.807, 2.05) is 0 Å². The van der Waals surface area contributed by atoms with E-state index in [0.29, 0.717) is 0 Å². The van der Waals surface area contributed by atoms with Gasteiger partial charge in [0.1, 0.15) is 12.2 Å². The van der Waals surface area contributed by atoms with Crippen molar-refractivity contribution in [3.63, 3.8) is 0 Å². The molecule has 1 aromatic rings. The quantitative estimate of drug-likeness (QED) is 0.264. The molecule has 0 saturated heterocycles. The molecule has 1 aromatic heterocycles. The minimum absolute atomic E-state index is 0. The summed E-state index contributed by atoms with van der Waals surface area (Å²) >= 11 is 0. The van der Waals surface area contributed by atoms with E-state index in [-0.39, 0.29) is 24.0 Å². The van der Waals surface area contributed by atoms with Crippen LogP contribution in [0.15, 0.2) is 11.3 Å². The summed E-state index contributed by atoms with van der Waals surface area (Å²) in [6.45, 7) is 7.71. The summed E-state index contributed by atoms with van der Waals surface area (Å²) in [6, 6.07) is 0. The minimum atomic E-state index is 0. The van der Waals surface area contributed by atoms with Crippen molar-refractivity contribution < 1.29 is 0 Å². The first-order valence-corrected chi connectivity index (χ1v) is 9.22. The normalized spacial score (nSPS) is 15.3. The van der Waals surface area contributed by atoms with E-state index in [0.717, 1.165) is 50.3 Å². The molecule has 0 bridgehead atoms. The van der Waals surface area contributed by atoms with Crippen molar-refractivity contribution in [3.05, 3.63) is 12.2 Å². The first kappa shape index (κ1) is 21.2. The largest absolute Gasteiger partial charge is 0.357 e. The van der Waals surface area contributed by atoms with Crippen LogP contribution < -0.4 is 10.6 Å². The summed E-state index contributed by atoms with van der Waals surface area (Å²) in [4.78, 5) is 4.69. The standard InChI is InChI=1S/C17H32N6.HI/c1-3-16-22-21-14-23(16)13-12-20-17(18-4-2)19-11-7-10-15-8-5-6-9-15;/h14-15H,3-13H2,1-2H3,(H2,18,19,20);1H. The first-order valence-electron chi connectivity index (χ1n) is 9.22. The summed E-state index contributed by atoms with van der Waals surface area (Å²) in [7, 11) is 0. The number of aromatic nitrogens is 3. The maximum Gasteiger partial charge on any atom is 0.191 e. The van der Waals surface area contributed by atoms with Crippen LogP contribution in [0.5, 0.6) is 0 Å². The molecular formula is C17H33IN6. The number of halogens is 1. The highest BCUT2D eigenvalue weighted by atomic mass is 127. The zero-order chi connectivity index (χ0) is 16.3. The van der Waals surface area contributed by atoms with E-state index in [9.17, 15) is 0 Å². The SMILES string of the molecule is CCNC(=NCCCC1CCCC1)NCCn1cnnc1CC.I. The predicted octanol–water partition coefficient (Wildman–Crippen LogP) is 2.98. The highest BCUT2D eigenvalue weighted by Crippen LogP contribution is 2.28. The highest BCUT2D eigenvalue weighted by Gasteiger charge is 2.13. The molecule has 7 heteroatoms. The van der Waals surface area contributed by atoms with Crippen molar-refractivity contribution in [1.29, 1.82) is 0 Å². The number of nitrogens with one attached hydrogen (secondary N) is 2. The van der Waals surface area contributed by atoms with E-state index < -0.39 is 0 Å². The third-order valence-corrected chi connectivity index (χ3v) is 4.52. The molecule has 1 heterocycles. The van der Waals surface area contributed by atoms with E-state index in [2.05, 4.69) is 44.2 Å². The number of nitrogens with zero attached hydrogens (tertiary/aromatic N) is 4. The Balaban J connectivity index is 0.00000288. The van der Waals surface area contributed by atoms with Gasteiger partial charge in [-0.3, -0.25) is 4.99 Å². The monoisotopic (exact) mass is 448 g/mol. The summed E-state index contributed by atoms with van der Waals surface area (Å²) < 4.78 is 2.09. The Morgan fingerprint density at radius 2 is 2.08 bits per heavy atom. The average molecular weight is 448 g/mol. The van der Waals surface area contributed by atoms with Crippen LogP contribution in [0.25, 0.3) is 0 Å². The fourth-order valence-corrected chi connectivity index (χ4v) is 3.25. The number of guanidine groups is 1. The lowest BCUT2D eigenvalue weighted by Gasteiger charge is -2.12. The van der Waals surface area contributed by atoms with Crippen LogP contribution in [0.3, 0.4) is 0 Å². The molecule has 1 aliphatic rings. The van der Waals surface area contributed by atoms with Gasteiger partial charge in [-0.25, -0.2) is 0 Å². The Hall–Kier alpha value is -0.860. The summed E-state index contributed by atoms with van der Waals surface area (Å²) in [5.74, 6) is 2.91. The van der Waals surface area contributed by atoms with E-state index in [1.54, 1.807) is 6.33 Å². The second-order valence-electron chi connectivity index (χ2n) is 6.27. The molecule has 1 saturated carbocycles. The van der Waals surface area contributed by atoms with Crippen molar-refractivity contribution in [2.45, 2.75) is 65.3 Å². The van der Waals surface area contributed by atoms with Gasteiger partial charge in [-0.1, -0.05) is 32.6 Å². The van der Waals surface area contributed by atoms with Gasteiger partial charge in [0.2, 0.25) is 0 Å². The molecule has 1 fully saturated rings. The zero-order valence-electron chi connectivity index (χ0n) is 15.1. The van der Waals surface area contributed by atoms with Gasteiger partial charge in [0.15, 0.2) is 5.96 Å². The number of aliphatic imine (C=N–C) groups is 1. The maximum atomic E-state index is 4.69. The average Bonchev–Trinajstić information content (AvgIpc) is 3.22. The topological polar surface area (TPSA) is 67.1 Å². The van der Waals surface area contributed by atoms with Crippen LogP contribution in [0, 0.1) is 5.92 Å². The zero-order valence-corrected chi connectivity index (χ0v) is 17.5. The van der Waals surface area contributed by atoms with Crippen molar-refractivity contribution in [1.82, 2.24) is 25.4 Å². The van der Waals surface area contributed by atoms with E-state index in [4.69, 9.17) is 0 Å². The molecule has 24 heavy (non-hydrogen) atoms. The van der Waals surface area contributed by atoms with E-state index >= 15 is 0 Å². The van der Waals surface area contributed by atoms with Crippen LogP contribution in [0.4, 0.5) is 0 Å². The highest BCUT2D eigenvalue weighted by molar-refractivity contribution is 14.0. The van der Waals surface area contributed by atoms with Gasteiger partial charge in [0, 0.05) is 32.6 Å². The molecule has 0 radical (unpaired) electrons. The summed E-state index contributed by atoms with van der Waals surface area (Å²) in [5.41, 5.74) is 0. The van der Waals surface area contributed by atoms with Gasteiger partial charge < -0.3 is 15.2 Å². The molecule has 0 spiro atoms. The van der Waals surface area contributed by atoms with Crippen molar-refractivity contribution in [2.75, 3.05) is 19.6 Å². The van der Waals surface area contributed by atoms with Crippen molar-refractivity contribution in [2.24, 2.45) is 10.9 Å². The second kappa shape index (κ2) is 12.5. The van der Waals surface area contributed by atoms with E-state index in [1.165, 1.54) is 38.5 Å². The van der Waals surface area contributed by atoms with Gasteiger partial charge in [-0.15, -0.1) is 34.2 Å². The van der Waals surface area contributed by atoms with Crippen LogP contribution in [-0.4, -0.2) is 40.4 Å². The van der Waals surface area contributed by atoms with Crippen LogP contribution in [0.2, 0.25) is 0 Å². The number of rotatable bonds is 9. The minimum Gasteiger partial charge on any atom is -0.357 e. The number of hydrogen-bond acceptors (Lipinski definition) is 3.